The largest absolute Gasteiger partial charge is 0.361 e. The molecule has 1 aliphatic heterocycles. The van der Waals surface area contributed by atoms with E-state index < -0.39 is 5.60 Å². The summed E-state index contributed by atoms with van der Waals surface area (Å²) in [6, 6.07) is 18.3. The van der Waals surface area contributed by atoms with Gasteiger partial charge in [0.2, 0.25) is 5.91 Å². The number of rotatable bonds is 7. The summed E-state index contributed by atoms with van der Waals surface area (Å²) in [6.07, 6.45) is 1.26. The first-order chi connectivity index (χ1) is 14.5. The molecule has 2 aromatic rings. The number of amides is 2. The highest BCUT2D eigenvalue weighted by Gasteiger charge is 2.45. The van der Waals surface area contributed by atoms with Gasteiger partial charge in [0.25, 0.3) is 5.91 Å². The number of morpholine rings is 1. The number of hydrogen-bond acceptors (Lipinski definition) is 3. The van der Waals surface area contributed by atoms with Crippen molar-refractivity contribution in [3.63, 3.8) is 0 Å². The van der Waals surface area contributed by atoms with Crippen molar-refractivity contribution in [1.82, 2.24) is 10.2 Å². The number of carbonyl (C=O) groups is 2. The second-order valence-corrected chi connectivity index (χ2v) is 8.21. The normalized spacial score (nSPS) is 19.0. The summed E-state index contributed by atoms with van der Waals surface area (Å²) in [5.74, 6) is -0.202. The topological polar surface area (TPSA) is 58.6 Å². The van der Waals surface area contributed by atoms with Crippen LogP contribution in [0, 0.1) is 5.92 Å². The van der Waals surface area contributed by atoms with Crippen molar-refractivity contribution in [1.29, 1.82) is 0 Å². The van der Waals surface area contributed by atoms with E-state index in [1.807, 2.05) is 57.2 Å². The summed E-state index contributed by atoms with van der Waals surface area (Å²) in [4.78, 5) is 27.8. The Balaban J connectivity index is 1.97. The van der Waals surface area contributed by atoms with Crippen LogP contribution in [-0.2, 0) is 20.7 Å². The van der Waals surface area contributed by atoms with Crippen LogP contribution in [-0.4, -0.2) is 48.6 Å². The van der Waals surface area contributed by atoms with Crippen LogP contribution in [0.1, 0.15) is 32.8 Å². The van der Waals surface area contributed by atoms with Crippen molar-refractivity contribution in [2.24, 2.45) is 5.92 Å². The lowest BCUT2D eigenvalue weighted by atomic mass is 9.87. The molecule has 1 saturated heterocycles. The minimum Gasteiger partial charge on any atom is -0.361 e. The number of nitrogens with zero attached hydrogens (tertiary/aromatic N) is 1. The van der Waals surface area contributed by atoms with Crippen LogP contribution in [0.25, 0.3) is 11.1 Å². The standard InChI is InChI=1S/C25H32N2O3/c1-4-14-26-24(29)25(18-27(15-16-30-25)23(28)19(2)3)17-21-12-8-9-13-22(21)20-10-6-5-7-11-20/h5-13,19H,4,14-18H2,1-3H3,(H,26,29)/t25-/m0/s1. The van der Waals surface area contributed by atoms with Crippen molar-refractivity contribution < 1.29 is 14.3 Å². The minimum atomic E-state index is -1.09. The fraction of sp³-hybridized carbons (Fsp3) is 0.440. The van der Waals surface area contributed by atoms with Crippen molar-refractivity contribution in [2.75, 3.05) is 26.2 Å². The molecule has 2 amide bonds. The third-order valence-corrected chi connectivity index (χ3v) is 5.52. The Labute approximate surface area is 179 Å². The van der Waals surface area contributed by atoms with E-state index in [0.717, 1.165) is 23.1 Å². The van der Waals surface area contributed by atoms with Gasteiger partial charge in [-0.05, 0) is 23.1 Å². The Hall–Kier alpha value is -2.66. The minimum absolute atomic E-state index is 0.0577. The predicted molar refractivity (Wildman–Crippen MR) is 119 cm³/mol. The van der Waals surface area contributed by atoms with Gasteiger partial charge in [0.05, 0.1) is 13.2 Å². The summed E-state index contributed by atoms with van der Waals surface area (Å²) < 4.78 is 6.17. The molecule has 0 unspecified atom stereocenters. The van der Waals surface area contributed by atoms with Gasteiger partial charge in [-0.3, -0.25) is 9.59 Å². The van der Waals surface area contributed by atoms with Gasteiger partial charge < -0.3 is 15.0 Å². The smallest absolute Gasteiger partial charge is 0.254 e. The van der Waals surface area contributed by atoms with E-state index in [2.05, 4.69) is 23.5 Å². The first-order valence-corrected chi connectivity index (χ1v) is 10.8. The molecule has 0 bridgehead atoms. The van der Waals surface area contributed by atoms with Crippen LogP contribution >= 0.6 is 0 Å². The molecule has 5 nitrogen and oxygen atoms in total. The van der Waals surface area contributed by atoms with Crippen molar-refractivity contribution in [3.05, 3.63) is 60.2 Å². The van der Waals surface area contributed by atoms with E-state index in [1.165, 1.54) is 0 Å². The number of nitrogens with one attached hydrogen (secondary N) is 1. The van der Waals surface area contributed by atoms with Crippen molar-refractivity contribution in [2.45, 2.75) is 39.2 Å². The Bertz CT molecular complexity index is 866. The molecule has 1 N–H and O–H groups in total. The maximum atomic E-state index is 13.3. The van der Waals surface area contributed by atoms with E-state index in [4.69, 9.17) is 4.74 Å². The lowest BCUT2D eigenvalue weighted by Gasteiger charge is -2.42. The molecule has 5 heteroatoms. The lowest BCUT2D eigenvalue weighted by Crippen LogP contribution is -2.62. The Morgan fingerprint density at radius 3 is 2.50 bits per heavy atom. The van der Waals surface area contributed by atoms with E-state index in [0.29, 0.717) is 26.1 Å². The molecule has 0 aliphatic carbocycles. The SMILES string of the molecule is CCCNC(=O)[C@]1(Cc2ccccc2-c2ccccc2)CN(C(=O)C(C)C)CCO1. The average Bonchev–Trinajstić information content (AvgIpc) is 2.78. The van der Waals surface area contributed by atoms with Crippen LogP contribution in [0.15, 0.2) is 54.6 Å². The lowest BCUT2D eigenvalue weighted by molar-refractivity contribution is -0.167. The summed E-state index contributed by atoms with van der Waals surface area (Å²) in [7, 11) is 0. The van der Waals surface area contributed by atoms with Crippen molar-refractivity contribution >= 4 is 11.8 Å². The number of benzene rings is 2. The molecule has 0 aromatic heterocycles. The zero-order chi connectivity index (χ0) is 21.6. The third kappa shape index (κ3) is 4.90. The van der Waals surface area contributed by atoms with Gasteiger partial charge >= 0.3 is 0 Å². The van der Waals surface area contributed by atoms with Crippen LogP contribution in [0.4, 0.5) is 0 Å². The van der Waals surface area contributed by atoms with Gasteiger partial charge in [0.15, 0.2) is 5.60 Å². The van der Waals surface area contributed by atoms with Gasteiger partial charge in [-0.25, -0.2) is 0 Å². The Morgan fingerprint density at radius 2 is 1.80 bits per heavy atom. The summed E-state index contributed by atoms with van der Waals surface area (Å²) in [6.45, 7) is 7.52. The second-order valence-electron chi connectivity index (χ2n) is 8.21. The van der Waals surface area contributed by atoms with Crippen LogP contribution < -0.4 is 5.32 Å². The van der Waals surface area contributed by atoms with Crippen LogP contribution in [0.2, 0.25) is 0 Å². The van der Waals surface area contributed by atoms with Gasteiger partial charge in [0.1, 0.15) is 0 Å². The van der Waals surface area contributed by atoms with Gasteiger partial charge in [-0.2, -0.15) is 0 Å². The maximum Gasteiger partial charge on any atom is 0.254 e. The molecule has 1 fully saturated rings. The highest BCUT2D eigenvalue weighted by molar-refractivity contribution is 5.88. The first-order valence-electron chi connectivity index (χ1n) is 10.8. The molecular formula is C25H32N2O3. The molecule has 1 aliphatic rings. The van der Waals surface area contributed by atoms with Gasteiger partial charge in [-0.15, -0.1) is 0 Å². The number of hydrogen-bond donors (Lipinski definition) is 1. The van der Waals surface area contributed by atoms with E-state index in [9.17, 15) is 9.59 Å². The van der Waals surface area contributed by atoms with Gasteiger partial charge in [0, 0.05) is 25.4 Å². The van der Waals surface area contributed by atoms with E-state index in [-0.39, 0.29) is 24.3 Å². The molecule has 0 saturated carbocycles. The first kappa shape index (κ1) is 22.0. The summed E-state index contributed by atoms with van der Waals surface area (Å²) in [5.41, 5.74) is 2.12. The molecule has 3 rings (SSSR count). The molecule has 0 radical (unpaired) electrons. The molecule has 0 spiro atoms. The van der Waals surface area contributed by atoms with Crippen LogP contribution in [0.5, 0.6) is 0 Å². The predicted octanol–water partition coefficient (Wildman–Crippen LogP) is 3.68. The highest BCUT2D eigenvalue weighted by Crippen LogP contribution is 2.30. The molecule has 2 aromatic carbocycles. The zero-order valence-electron chi connectivity index (χ0n) is 18.2. The maximum absolute atomic E-state index is 13.3. The van der Waals surface area contributed by atoms with E-state index in [1.54, 1.807) is 4.90 Å². The fourth-order valence-electron chi connectivity index (χ4n) is 3.94. The van der Waals surface area contributed by atoms with Crippen LogP contribution in [0.3, 0.4) is 0 Å². The number of ether oxygens (including phenoxy) is 1. The highest BCUT2D eigenvalue weighted by atomic mass is 16.5. The second kappa shape index (κ2) is 9.90. The summed E-state index contributed by atoms with van der Waals surface area (Å²) in [5, 5.41) is 3.01. The number of carbonyl (C=O) groups excluding carboxylic acids is 2. The zero-order valence-corrected chi connectivity index (χ0v) is 18.2. The monoisotopic (exact) mass is 408 g/mol. The molecule has 160 valence electrons. The molecular weight excluding hydrogens is 376 g/mol. The van der Waals surface area contributed by atoms with E-state index >= 15 is 0 Å². The molecule has 1 heterocycles. The Morgan fingerprint density at radius 1 is 1.10 bits per heavy atom. The molecule has 30 heavy (non-hydrogen) atoms. The average molecular weight is 409 g/mol. The van der Waals surface area contributed by atoms with Gasteiger partial charge in [-0.1, -0.05) is 75.4 Å². The summed E-state index contributed by atoms with van der Waals surface area (Å²) >= 11 is 0. The Kier molecular flexibility index (Phi) is 7.27. The quantitative estimate of drug-likeness (QED) is 0.760. The van der Waals surface area contributed by atoms with Crippen molar-refractivity contribution in [3.8, 4) is 11.1 Å². The fourth-order valence-corrected chi connectivity index (χ4v) is 3.94. The molecule has 1 atom stereocenters. The third-order valence-electron chi connectivity index (χ3n) is 5.52.